The van der Waals surface area contributed by atoms with E-state index in [9.17, 15) is 8.42 Å². The van der Waals surface area contributed by atoms with Crippen molar-refractivity contribution in [2.24, 2.45) is 17.3 Å². The van der Waals surface area contributed by atoms with Gasteiger partial charge in [-0.15, -0.1) is 0 Å². The smallest absolute Gasteiger partial charge is 0.211 e. The number of hydrogen-bond donors (Lipinski definition) is 1. The third-order valence-electron chi connectivity index (χ3n) is 3.95. The number of nitrogens with one attached hydrogen (secondary N) is 1. The first-order chi connectivity index (χ1) is 8.73. The molecule has 0 aliphatic heterocycles. The summed E-state index contributed by atoms with van der Waals surface area (Å²) >= 11 is 3.55. The van der Waals surface area contributed by atoms with Crippen LogP contribution < -0.4 is 4.72 Å². The molecular weight excluding hydrogens is 326 g/mol. The maximum absolute atomic E-state index is 12.0. The maximum atomic E-state index is 12.0. The molecule has 1 fully saturated rings. The zero-order valence-corrected chi connectivity index (χ0v) is 14.8. The van der Waals surface area contributed by atoms with E-state index in [4.69, 9.17) is 0 Å². The highest BCUT2D eigenvalue weighted by Crippen LogP contribution is 2.31. The summed E-state index contributed by atoms with van der Waals surface area (Å²) in [5.74, 6) is 1.36. The van der Waals surface area contributed by atoms with Gasteiger partial charge in [0.15, 0.2) is 0 Å². The van der Waals surface area contributed by atoms with Crippen molar-refractivity contribution in [2.75, 3.05) is 17.6 Å². The van der Waals surface area contributed by atoms with Gasteiger partial charge in [-0.1, -0.05) is 49.5 Å². The van der Waals surface area contributed by atoms with Crippen molar-refractivity contribution in [1.82, 2.24) is 4.72 Å². The van der Waals surface area contributed by atoms with Crippen molar-refractivity contribution in [3.05, 3.63) is 0 Å². The molecule has 19 heavy (non-hydrogen) atoms. The zero-order valence-electron chi connectivity index (χ0n) is 12.4. The molecule has 0 saturated heterocycles. The highest BCUT2D eigenvalue weighted by Gasteiger charge is 2.26. The molecule has 1 aliphatic rings. The summed E-state index contributed by atoms with van der Waals surface area (Å²) in [7, 11) is -3.11. The second-order valence-corrected chi connectivity index (χ2v) is 9.51. The van der Waals surface area contributed by atoms with E-state index in [2.05, 4.69) is 41.4 Å². The topological polar surface area (TPSA) is 46.2 Å². The number of rotatable bonds is 6. The van der Waals surface area contributed by atoms with Crippen LogP contribution in [-0.2, 0) is 10.0 Å². The molecule has 1 rings (SSSR count). The molecule has 3 nitrogen and oxygen atoms in total. The Morgan fingerprint density at radius 1 is 1.16 bits per heavy atom. The van der Waals surface area contributed by atoms with E-state index < -0.39 is 10.0 Å². The summed E-state index contributed by atoms with van der Waals surface area (Å²) in [6, 6.07) is 0. The molecule has 5 heteroatoms. The molecule has 0 heterocycles. The van der Waals surface area contributed by atoms with Crippen LogP contribution >= 0.6 is 15.9 Å². The Hall–Kier alpha value is 0.390. The van der Waals surface area contributed by atoms with E-state index in [1.807, 2.05) is 0 Å². The molecule has 2 atom stereocenters. The van der Waals surface area contributed by atoms with Gasteiger partial charge >= 0.3 is 0 Å². The minimum Gasteiger partial charge on any atom is -0.215 e. The van der Waals surface area contributed by atoms with Gasteiger partial charge in [0.1, 0.15) is 0 Å². The summed E-state index contributed by atoms with van der Waals surface area (Å²) < 4.78 is 26.8. The lowest BCUT2D eigenvalue weighted by atomic mass is 9.80. The van der Waals surface area contributed by atoms with Crippen molar-refractivity contribution >= 4 is 26.0 Å². The largest absolute Gasteiger partial charge is 0.215 e. The van der Waals surface area contributed by atoms with Gasteiger partial charge in [-0.05, 0) is 36.5 Å². The van der Waals surface area contributed by atoms with Gasteiger partial charge < -0.3 is 0 Å². The summed E-state index contributed by atoms with van der Waals surface area (Å²) in [6.07, 6.45) is 5.59. The molecule has 1 saturated carbocycles. The Morgan fingerprint density at radius 2 is 1.74 bits per heavy atom. The van der Waals surface area contributed by atoms with Gasteiger partial charge in [-0.3, -0.25) is 0 Å². The average Bonchev–Trinajstić information content (AvgIpc) is 2.34. The van der Waals surface area contributed by atoms with Crippen LogP contribution in [-0.4, -0.2) is 26.0 Å². The Labute approximate surface area is 127 Å². The van der Waals surface area contributed by atoms with Gasteiger partial charge in [-0.2, -0.15) is 0 Å². The lowest BCUT2D eigenvalue weighted by Gasteiger charge is -2.30. The quantitative estimate of drug-likeness (QED) is 0.742. The van der Waals surface area contributed by atoms with Gasteiger partial charge in [0.25, 0.3) is 0 Å². The molecule has 0 radical (unpaired) electrons. The number of halogens is 1. The molecule has 0 aromatic carbocycles. The molecule has 1 aliphatic carbocycles. The first-order valence-electron chi connectivity index (χ1n) is 7.27. The van der Waals surface area contributed by atoms with E-state index in [-0.39, 0.29) is 11.2 Å². The number of sulfonamides is 1. The summed E-state index contributed by atoms with van der Waals surface area (Å²) in [4.78, 5) is 0. The van der Waals surface area contributed by atoms with E-state index in [1.165, 1.54) is 19.3 Å². The van der Waals surface area contributed by atoms with Crippen LogP contribution in [0.4, 0.5) is 0 Å². The first-order valence-corrected chi connectivity index (χ1v) is 10.0. The van der Waals surface area contributed by atoms with Crippen molar-refractivity contribution < 1.29 is 8.42 Å². The van der Waals surface area contributed by atoms with Crippen LogP contribution in [0.3, 0.4) is 0 Å². The fraction of sp³-hybridized carbons (Fsp3) is 1.00. The number of hydrogen-bond acceptors (Lipinski definition) is 2. The Balaban J connectivity index is 2.41. The molecular formula is C14H28BrNO2S. The van der Waals surface area contributed by atoms with Crippen LogP contribution in [0.2, 0.25) is 0 Å². The number of alkyl halides is 1. The van der Waals surface area contributed by atoms with Crippen LogP contribution in [0.1, 0.15) is 52.9 Å². The van der Waals surface area contributed by atoms with Crippen LogP contribution in [0, 0.1) is 17.3 Å². The van der Waals surface area contributed by atoms with Crippen LogP contribution in [0.5, 0.6) is 0 Å². The van der Waals surface area contributed by atoms with Gasteiger partial charge in [0.05, 0.1) is 5.75 Å². The second-order valence-electron chi connectivity index (χ2n) is 6.94. The van der Waals surface area contributed by atoms with Crippen molar-refractivity contribution in [1.29, 1.82) is 0 Å². The third kappa shape index (κ3) is 7.09. The fourth-order valence-electron chi connectivity index (χ4n) is 2.50. The van der Waals surface area contributed by atoms with Gasteiger partial charge in [-0.25, -0.2) is 13.1 Å². The molecule has 2 unspecified atom stereocenters. The summed E-state index contributed by atoms with van der Waals surface area (Å²) in [5, 5.41) is 0.987. The highest BCUT2D eigenvalue weighted by atomic mass is 79.9. The first kappa shape index (κ1) is 17.4. The van der Waals surface area contributed by atoms with E-state index in [0.29, 0.717) is 24.8 Å². The summed E-state index contributed by atoms with van der Waals surface area (Å²) in [6.45, 7) is 6.84. The Bertz CT molecular complexity index is 362. The molecule has 0 amide bonds. The van der Waals surface area contributed by atoms with E-state index in [1.54, 1.807) is 0 Å². The molecule has 0 aromatic rings. The van der Waals surface area contributed by atoms with Crippen molar-refractivity contribution in [3.63, 3.8) is 0 Å². The van der Waals surface area contributed by atoms with E-state index >= 15 is 0 Å². The van der Waals surface area contributed by atoms with E-state index in [0.717, 1.165) is 11.8 Å². The highest BCUT2D eigenvalue weighted by molar-refractivity contribution is 9.09. The average molecular weight is 354 g/mol. The lowest BCUT2D eigenvalue weighted by molar-refractivity contribution is 0.263. The molecule has 0 aromatic heterocycles. The third-order valence-corrected chi connectivity index (χ3v) is 6.13. The van der Waals surface area contributed by atoms with Crippen molar-refractivity contribution in [3.8, 4) is 0 Å². The predicted molar refractivity (Wildman–Crippen MR) is 85.1 cm³/mol. The predicted octanol–water partition coefficient (Wildman–Crippen LogP) is 3.54. The van der Waals surface area contributed by atoms with Crippen LogP contribution in [0.25, 0.3) is 0 Å². The van der Waals surface area contributed by atoms with Crippen molar-refractivity contribution in [2.45, 2.75) is 52.9 Å². The fourth-order valence-corrected chi connectivity index (χ4v) is 4.85. The van der Waals surface area contributed by atoms with Gasteiger partial charge in [0.2, 0.25) is 10.0 Å². The molecule has 0 bridgehead atoms. The van der Waals surface area contributed by atoms with Gasteiger partial charge in [0, 0.05) is 11.9 Å². The normalized spacial score (nSPS) is 25.5. The second kappa shape index (κ2) is 7.41. The molecule has 0 spiro atoms. The van der Waals surface area contributed by atoms with Crippen LogP contribution in [0.15, 0.2) is 0 Å². The maximum Gasteiger partial charge on any atom is 0.211 e. The molecule has 1 N–H and O–H groups in total. The zero-order chi connectivity index (χ0) is 14.5. The molecule has 114 valence electrons. The summed E-state index contributed by atoms with van der Waals surface area (Å²) in [5.41, 5.74) is 0.0674. The standard InChI is InChI=1S/C14H28BrNO2S/c1-14(2,3)8-9-19(17,18)16-11-13-7-5-4-6-12(13)10-15/h12-13,16H,4-11H2,1-3H3. The minimum absolute atomic E-state index is 0.0674. The SMILES string of the molecule is CC(C)(C)CCS(=O)(=O)NCC1CCCCC1CBr. The lowest BCUT2D eigenvalue weighted by Crippen LogP contribution is -2.36. The Kier molecular flexibility index (Phi) is 6.81. The Morgan fingerprint density at radius 3 is 2.26 bits per heavy atom. The monoisotopic (exact) mass is 353 g/mol. The minimum atomic E-state index is -3.11.